The van der Waals surface area contributed by atoms with E-state index in [4.69, 9.17) is 0 Å². The summed E-state index contributed by atoms with van der Waals surface area (Å²) in [5, 5.41) is 14.0. The lowest BCUT2D eigenvalue weighted by Crippen LogP contribution is -2.41. The van der Waals surface area contributed by atoms with Gasteiger partial charge in [0.15, 0.2) is 0 Å². The molecule has 0 bridgehead atoms. The lowest BCUT2D eigenvalue weighted by Gasteiger charge is -2.21. The van der Waals surface area contributed by atoms with Crippen molar-refractivity contribution in [2.24, 2.45) is 0 Å². The van der Waals surface area contributed by atoms with Crippen LogP contribution in [0.1, 0.15) is 11.6 Å². The van der Waals surface area contributed by atoms with Gasteiger partial charge >= 0.3 is 0 Å². The molecule has 1 aromatic rings. The molecule has 4 N–H and O–H groups in total. The molecule has 1 fully saturated rings. The van der Waals surface area contributed by atoms with Gasteiger partial charge in [-0.2, -0.15) is 0 Å². The maximum Gasteiger partial charge on any atom is 0.0447 e. The van der Waals surface area contributed by atoms with E-state index in [9.17, 15) is 0 Å². The SMILES string of the molecule is Brc1ccc(C2CNCCNCCNCCN2)cc1. The van der Waals surface area contributed by atoms with Crippen molar-refractivity contribution in [2.75, 3.05) is 45.8 Å². The van der Waals surface area contributed by atoms with Gasteiger partial charge in [0, 0.05) is 56.3 Å². The molecular formula is C14H23BrN4. The predicted octanol–water partition coefficient (Wildman–Crippen LogP) is 0.862. The highest BCUT2D eigenvalue weighted by molar-refractivity contribution is 9.10. The second kappa shape index (κ2) is 8.66. The molecule has 19 heavy (non-hydrogen) atoms. The summed E-state index contributed by atoms with van der Waals surface area (Å²) in [6.07, 6.45) is 0. The van der Waals surface area contributed by atoms with E-state index in [0.717, 1.165) is 50.3 Å². The first-order valence-electron chi connectivity index (χ1n) is 6.97. The van der Waals surface area contributed by atoms with Crippen LogP contribution in [-0.2, 0) is 0 Å². The van der Waals surface area contributed by atoms with Gasteiger partial charge in [-0.05, 0) is 17.7 Å². The minimum atomic E-state index is 0.370. The Bertz CT molecular complexity index is 343. The molecular weight excluding hydrogens is 304 g/mol. The fourth-order valence-electron chi connectivity index (χ4n) is 2.19. The van der Waals surface area contributed by atoms with Crippen LogP contribution >= 0.6 is 15.9 Å². The number of halogens is 1. The van der Waals surface area contributed by atoms with E-state index < -0.39 is 0 Å². The summed E-state index contributed by atoms with van der Waals surface area (Å²) >= 11 is 3.48. The van der Waals surface area contributed by atoms with Gasteiger partial charge in [-0.15, -0.1) is 0 Å². The molecule has 106 valence electrons. The van der Waals surface area contributed by atoms with Gasteiger partial charge in [0.25, 0.3) is 0 Å². The fraction of sp³-hybridized carbons (Fsp3) is 0.571. The Morgan fingerprint density at radius 3 is 2.05 bits per heavy atom. The number of nitrogens with one attached hydrogen (secondary N) is 4. The lowest BCUT2D eigenvalue weighted by atomic mass is 10.1. The van der Waals surface area contributed by atoms with Crippen LogP contribution < -0.4 is 21.3 Å². The Balaban J connectivity index is 1.92. The monoisotopic (exact) mass is 326 g/mol. The van der Waals surface area contributed by atoms with E-state index in [1.54, 1.807) is 0 Å². The van der Waals surface area contributed by atoms with Crippen LogP contribution in [-0.4, -0.2) is 45.8 Å². The Morgan fingerprint density at radius 2 is 1.37 bits per heavy atom. The molecule has 0 radical (unpaired) electrons. The molecule has 1 saturated heterocycles. The molecule has 4 nitrogen and oxygen atoms in total. The molecule has 0 amide bonds. The third kappa shape index (κ3) is 5.58. The minimum absolute atomic E-state index is 0.370. The van der Waals surface area contributed by atoms with Crippen molar-refractivity contribution in [1.82, 2.24) is 21.3 Å². The van der Waals surface area contributed by atoms with Crippen molar-refractivity contribution in [3.8, 4) is 0 Å². The molecule has 0 aliphatic carbocycles. The van der Waals surface area contributed by atoms with E-state index in [0.29, 0.717) is 6.04 Å². The van der Waals surface area contributed by atoms with Crippen LogP contribution in [0.25, 0.3) is 0 Å². The number of hydrogen-bond donors (Lipinski definition) is 4. The molecule has 1 aliphatic rings. The predicted molar refractivity (Wildman–Crippen MR) is 83.5 cm³/mol. The third-order valence-electron chi connectivity index (χ3n) is 3.27. The summed E-state index contributed by atoms with van der Waals surface area (Å²) < 4.78 is 1.13. The van der Waals surface area contributed by atoms with Gasteiger partial charge in [0.2, 0.25) is 0 Å². The topological polar surface area (TPSA) is 48.1 Å². The molecule has 0 spiro atoms. The van der Waals surface area contributed by atoms with E-state index >= 15 is 0 Å². The Hall–Kier alpha value is -0.460. The molecule has 1 aliphatic heterocycles. The molecule has 5 heteroatoms. The molecule has 1 unspecified atom stereocenters. The van der Waals surface area contributed by atoms with Crippen molar-refractivity contribution in [3.63, 3.8) is 0 Å². The first kappa shape index (κ1) is 14.9. The van der Waals surface area contributed by atoms with E-state index in [1.807, 2.05) is 0 Å². The fourth-order valence-corrected chi connectivity index (χ4v) is 2.45. The van der Waals surface area contributed by atoms with Crippen molar-refractivity contribution >= 4 is 15.9 Å². The molecule has 2 rings (SSSR count). The molecule has 1 heterocycles. The first-order chi connectivity index (χ1) is 9.36. The van der Waals surface area contributed by atoms with Gasteiger partial charge in [-0.3, -0.25) is 0 Å². The summed E-state index contributed by atoms with van der Waals surface area (Å²) in [6, 6.07) is 8.94. The maximum absolute atomic E-state index is 3.61. The maximum atomic E-state index is 3.61. The standard InChI is InChI=1S/C14H23BrN4/c15-13-3-1-12(2-4-13)14-11-18-8-7-16-5-6-17-9-10-19-14/h1-4,14,16-19H,5-11H2. The third-order valence-corrected chi connectivity index (χ3v) is 3.80. The Kier molecular flexibility index (Phi) is 6.81. The van der Waals surface area contributed by atoms with Crippen molar-refractivity contribution < 1.29 is 0 Å². The average molecular weight is 327 g/mol. The van der Waals surface area contributed by atoms with Gasteiger partial charge < -0.3 is 21.3 Å². The zero-order valence-corrected chi connectivity index (χ0v) is 12.8. The van der Waals surface area contributed by atoms with Gasteiger partial charge in [0.05, 0.1) is 0 Å². The highest BCUT2D eigenvalue weighted by atomic mass is 79.9. The average Bonchev–Trinajstić information content (AvgIpc) is 2.41. The van der Waals surface area contributed by atoms with E-state index in [2.05, 4.69) is 61.5 Å². The van der Waals surface area contributed by atoms with Crippen LogP contribution in [0.5, 0.6) is 0 Å². The summed E-state index contributed by atoms with van der Waals surface area (Å²) in [5.41, 5.74) is 1.33. The van der Waals surface area contributed by atoms with Crippen molar-refractivity contribution in [3.05, 3.63) is 34.3 Å². The second-order valence-corrected chi connectivity index (χ2v) is 5.68. The summed E-state index contributed by atoms with van der Waals surface area (Å²) in [4.78, 5) is 0. The first-order valence-corrected chi connectivity index (χ1v) is 7.76. The lowest BCUT2D eigenvalue weighted by molar-refractivity contribution is 0.464. The zero-order chi connectivity index (χ0) is 13.3. The van der Waals surface area contributed by atoms with Crippen LogP contribution in [0, 0.1) is 0 Å². The Labute approximate surface area is 123 Å². The van der Waals surface area contributed by atoms with Gasteiger partial charge in [0.1, 0.15) is 0 Å². The number of rotatable bonds is 1. The summed E-state index contributed by atoms with van der Waals surface area (Å²) in [7, 11) is 0. The summed E-state index contributed by atoms with van der Waals surface area (Å²) in [5.74, 6) is 0. The van der Waals surface area contributed by atoms with Crippen LogP contribution in [0.3, 0.4) is 0 Å². The number of hydrogen-bond acceptors (Lipinski definition) is 4. The smallest absolute Gasteiger partial charge is 0.0447 e. The summed E-state index contributed by atoms with van der Waals surface area (Å²) in [6.45, 7) is 7.06. The zero-order valence-electron chi connectivity index (χ0n) is 11.2. The second-order valence-electron chi connectivity index (χ2n) is 4.76. The van der Waals surface area contributed by atoms with Crippen LogP contribution in [0.4, 0.5) is 0 Å². The van der Waals surface area contributed by atoms with Crippen molar-refractivity contribution in [2.45, 2.75) is 6.04 Å². The normalized spacial score (nSPS) is 23.3. The van der Waals surface area contributed by atoms with Gasteiger partial charge in [-0.25, -0.2) is 0 Å². The molecule has 0 saturated carbocycles. The van der Waals surface area contributed by atoms with Crippen LogP contribution in [0.2, 0.25) is 0 Å². The Morgan fingerprint density at radius 1 is 0.789 bits per heavy atom. The van der Waals surface area contributed by atoms with Crippen LogP contribution in [0.15, 0.2) is 28.7 Å². The largest absolute Gasteiger partial charge is 0.314 e. The van der Waals surface area contributed by atoms with E-state index in [-0.39, 0.29) is 0 Å². The van der Waals surface area contributed by atoms with E-state index in [1.165, 1.54) is 5.56 Å². The molecule has 0 aromatic heterocycles. The van der Waals surface area contributed by atoms with Crippen molar-refractivity contribution in [1.29, 1.82) is 0 Å². The van der Waals surface area contributed by atoms with Gasteiger partial charge in [-0.1, -0.05) is 28.1 Å². The highest BCUT2D eigenvalue weighted by Crippen LogP contribution is 2.16. The quantitative estimate of drug-likeness (QED) is 0.618. The number of benzene rings is 1. The highest BCUT2D eigenvalue weighted by Gasteiger charge is 2.10. The minimum Gasteiger partial charge on any atom is -0.314 e. The molecule has 1 aromatic carbocycles. The molecule has 1 atom stereocenters.